The predicted octanol–water partition coefficient (Wildman–Crippen LogP) is 5.72. The Hall–Kier alpha value is -2.21. The van der Waals surface area contributed by atoms with Crippen LogP contribution in [-0.4, -0.2) is 21.0 Å². The number of nitrogens with one attached hydrogen (secondary N) is 1. The van der Waals surface area contributed by atoms with Gasteiger partial charge in [0.05, 0.1) is 0 Å². The van der Waals surface area contributed by atoms with Crippen LogP contribution in [-0.2, 0) is 0 Å². The maximum atomic E-state index is 13.0. The molecule has 0 aliphatic heterocycles. The number of aryl methyl sites for hydroxylation is 1. The van der Waals surface area contributed by atoms with Crippen molar-refractivity contribution in [1.82, 2.24) is 15.2 Å². The molecule has 0 radical (unpaired) electrons. The molecule has 0 amide bonds. The molecule has 3 aromatic rings. The van der Waals surface area contributed by atoms with Gasteiger partial charge in [-0.1, -0.05) is 47.3 Å². The highest BCUT2D eigenvalue weighted by Gasteiger charge is 2.25. The number of hydrogen-bond donors (Lipinski definition) is 1. The van der Waals surface area contributed by atoms with Gasteiger partial charge in [-0.3, -0.25) is 4.79 Å². The van der Waals surface area contributed by atoms with Crippen LogP contribution in [0.15, 0.2) is 33.2 Å². The zero-order valence-electron chi connectivity index (χ0n) is 15.5. The van der Waals surface area contributed by atoms with E-state index in [9.17, 15) is 4.79 Å². The van der Waals surface area contributed by atoms with E-state index in [1.807, 2.05) is 38.1 Å². The largest absolute Gasteiger partial charge is 0.419 e. The number of rotatable bonds is 4. The molecule has 0 atom stereocenters. The van der Waals surface area contributed by atoms with Gasteiger partial charge in [0.1, 0.15) is 5.69 Å². The number of ketones is 1. The summed E-state index contributed by atoms with van der Waals surface area (Å²) in [5, 5.41) is 8.54. The van der Waals surface area contributed by atoms with Gasteiger partial charge in [-0.05, 0) is 44.4 Å². The van der Waals surface area contributed by atoms with Crippen molar-refractivity contribution >= 4 is 21.7 Å². The SMILES string of the molecule is Cc1[nH]c(-c2nnc(C3CCCCC3)o2)c(C)c1C(=O)c1cccc(Br)c1. The minimum atomic E-state index is -0.0131. The highest BCUT2D eigenvalue weighted by atomic mass is 79.9. The lowest BCUT2D eigenvalue weighted by Crippen LogP contribution is -2.04. The zero-order chi connectivity index (χ0) is 19.0. The molecular formula is C21H22BrN3O2. The highest BCUT2D eigenvalue weighted by Crippen LogP contribution is 2.34. The number of carbonyl (C=O) groups excluding carboxylic acids is 1. The number of H-pyrrole nitrogens is 1. The third kappa shape index (κ3) is 3.50. The summed E-state index contributed by atoms with van der Waals surface area (Å²) in [5.41, 5.74) is 3.71. The van der Waals surface area contributed by atoms with Crippen molar-refractivity contribution in [3.8, 4) is 11.6 Å². The predicted molar refractivity (Wildman–Crippen MR) is 107 cm³/mol. The lowest BCUT2D eigenvalue weighted by molar-refractivity contribution is 0.103. The molecule has 1 fully saturated rings. The Balaban J connectivity index is 1.67. The number of hydrogen-bond acceptors (Lipinski definition) is 4. The fraction of sp³-hybridized carbons (Fsp3) is 0.381. The summed E-state index contributed by atoms with van der Waals surface area (Å²) in [6.07, 6.45) is 5.93. The molecule has 1 N–H and O–H groups in total. The van der Waals surface area contributed by atoms with Gasteiger partial charge >= 0.3 is 0 Å². The number of aromatic amines is 1. The molecule has 1 saturated carbocycles. The average molecular weight is 428 g/mol. The summed E-state index contributed by atoms with van der Waals surface area (Å²) in [7, 11) is 0. The smallest absolute Gasteiger partial charge is 0.264 e. The topological polar surface area (TPSA) is 71.8 Å². The summed E-state index contributed by atoms with van der Waals surface area (Å²) < 4.78 is 6.87. The molecule has 0 saturated heterocycles. The van der Waals surface area contributed by atoms with Crippen LogP contribution in [0.2, 0.25) is 0 Å². The molecule has 2 heterocycles. The van der Waals surface area contributed by atoms with Gasteiger partial charge in [0.25, 0.3) is 5.89 Å². The summed E-state index contributed by atoms with van der Waals surface area (Å²) in [5.74, 6) is 1.53. The first-order valence-corrected chi connectivity index (χ1v) is 10.2. The van der Waals surface area contributed by atoms with Crippen molar-refractivity contribution in [3.63, 3.8) is 0 Å². The van der Waals surface area contributed by atoms with E-state index < -0.39 is 0 Å². The van der Waals surface area contributed by atoms with Crippen LogP contribution in [0.5, 0.6) is 0 Å². The Kier molecular flexibility index (Phi) is 5.00. The normalized spacial score (nSPS) is 15.2. The minimum absolute atomic E-state index is 0.0131. The molecule has 1 aliphatic carbocycles. The number of nitrogens with zero attached hydrogens (tertiary/aromatic N) is 2. The maximum absolute atomic E-state index is 13.0. The molecule has 27 heavy (non-hydrogen) atoms. The molecule has 0 unspecified atom stereocenters. The van der Waals surface area contributed by atoms with Crippen LogP contribution in [0.1, 0.15) is 71.1 Å². The van der Waals surface area contributed by atoms with Crippen LogP contribution in [0, 0.1) is 13.8 Å². The minimum Gasteiger partial charge on any atom is -0.419 e. The number of halogens is 1. The molecule has 140 valence electrons. The quantitative estimate of drug-likeness (QED) is 0.540. The van der Waals surface area contributed by atoms with Crippen molar-refractivity contribution in [1.29, 1.82) is 0 Å². The second kappa shape index (κ2) is 7.43. The molecule has 2 aromatic heterocycles. The summed E-state index contributed by atoms with van der Waals surface area (Å²) in [6.45, 7) is 3.83. The molecule has 0 spiro atoms. The van der Waals surface area contributed by atoms with E-state index in [-0.39, 0.29) is 5.78 Å². The Morgan fingerprint density at radius 1 is 1.19 bits per heavy atom. The number of carbonyl (C=O) groups is 1. The third-order valence-corrected chi connectivity index (χ3v) is 5.85. The lowest BCUT2D eigenvalue weighted by atomic mass is 9.89. The van der Waals surface area contributed by atoms with Crippen molar-refractivity contribution in [3.05, 3.63) is 57.0 Å². The Labute approximate surface area is 166 Å². The van der Waals surface area contributed by atoms with Gasteiger partial charge in [0.2, 0.25) is 5.89 Å². The number of aromatic nitrogens is 3. The Morgan fingerprint density at radius 3 is 2.70 bits per heavy atom. The second-order valence-electron chi connectivity index (χ2n) is 7.24. The summed E-state index contributed by atoms with van der Waals surface area (Å²) >= 11 is 3.43. The average Bonchev–Trinajstić information content (AvgIpc) is 3.27. The van der Waals surface area contributed by atoms with E-state index >= 15 is 0 Å². The van der Waals surface area contributed by atoms with E-state index in [0.717, 1.165) is 40.2 Å². The van der Waals surface area contributed by atoms with E-state index in [1.165, 1.54) is 19.3 Å². The summed E-state index contributed by atoms with van der Waals surface area (Å²) in [6, 6.07) is 7.43. The fourth-order valence-corrected chi connectivity index (χ4v) is 4.33. The van der Waals surface area contributed by atoms with Gasteiger partial charge in [0, 0.05) is 27.2 Å². The van der Waals surface area contributed by atoms with Crippen molar-refractivity contribution in [2.75, 3.05) is 0 Å². The van der Waals surface area contributed by atoms with Crippen molar-refractivity contribution in [2.24, 2.45) is 0 Å². The number of benzene rings is 1. The van der Waals surface area contributed by atoms with Crippen molar-refractivity contribution < 1.29 is 9.21 Å². The molecular weight excluding hydrogens is 406 g/mol. The maximum Gasteiger partial charge on any atom is 0.264 e. The standard InChI is InChI=1S/C21H22BrN3O2/c1-12-17(19(26)15-9-6-10-16(22)11-15)13(2)23-18(12)21-25-24-20(27-21)14-7-4-3-5-8-14/h6,9-11,14,23H,3-5,7-8H2,1-2H3. The van der Waals surface area contributed by atoms with E-state index in [4.69, 9.17) is 4.42 Å². The van der Waals surface area contributed by atoms with Gasteiger partial charge in [0.15, 0.2) is 5.78 Å². The Bertz CT molecular complexity index is 983. The van der Waals surface area contributed by atoms with Crippen LogP contribution in [0.3, 0.4) is 0 Å². The molecule has 1 aromatic carbocycles. The molecule has 6 heteroatoms. The lowest BCUT2D eigenvalue weighted by Gasteiger charge is -2.17. The van der Waals surface area contributed by atoms with Crippen LogP contribution < -0.4 is 0 Å². The van der Waals surface area contributed by atoms with Crippen molar-refractivity contribution in [2.45, 2.75) is 51.9 Å². The zero-order valence-corrected chi connectivity index (χ0v) is 17.1. The van der Waals surface area contributed by atoms with Gasteiger partial charge in [-0.2, -0.15) is 0 Å². The first-order chi connectivity index (χ1) is 13.0. The van der Waals surface area contributed by atoms with Crippen LogP contribution >= 0.6 is 15.9 Å². The molecule has 5 nitrogen and oxygen atoms in total. The van der Waals surface area contributed by atoms with Crippen LogP contribution in [0.4, 0.5) is 0 Å². The van der Waals surface area contributed by atoms with E-state index in [2.05, 4.69) is 31.1 Å². The summed E-state index contributed by atoms with van der Waals surface area (Å²) in [4.78, 5) is 16.3. The first-order valence-electron chi connectivity index (χ1n) is 9.38. The van der Waals surface area contributed by atoms with E-state index in [1.54, 1.807) is 0 Å². The monoisotopic (exact) mass is 427 g/mol. The highest BCUT2D eigenvalue weighted by molar-refractivity contribution is 9.10. The third-order valence-electron chi connectivity index (χ3n) is 5.36. The molecule has 0 bridgehead atoms. The van der Waals surface area contributed by atoms with Crippen LogP contribution in [0.25, 0.3) is 11.6 Å². The van der Waals surface area contributed by atoms with E-state index in [0.29, 0.717) is 22.9 Å². The molecule has 4 rings (SSSR count). The Morgan fingerprint density at radius 2 is 1.96 bits per heavy atom. The van der Waals surface area contributed by atoms with Gasteiger partial charge < -0.3 is 9.40 Å². The first kappa shape index (κ1) is 18.2. The second-order valence-corrected chi connectivity index (χ2v) is 8.16. The van der Waals surface area contributed by atoms with Gasteiger partial charge in [-0.25, -0.2) is 0 Å². The molecule has 1 aliphatic rings. The fourth-order valence-electron chi connectivity index (χ4n) is 3.93. The van der Waals surface area contributed by atoms with Gasteiger partial charge in [-0.15, -0.1) is 10.2 Å².